The maximum Gasteiger partial charge on any atom is 0.261 e. The lowest BCUT2D eigenvalue weighted by molar-refractivity contribution is 0.0956. The molecule has 0 fully saturated rings. The van der Waals surface area contributed by atoms with Gasteiger partial charge in [-0.3, -0.25) is 9.59 Å². The summed E-state index contributed by atoms with van der Waals surface area (Å²) in [5.41, 5.74) is 1.60. The number of nitrogens with one attached hydrogen (secondary N) is 2. The zero-order valence-electron chi connectivity index (χ0n) is 13.4. The molecule has 2 rings (SSSR count). The number of carbonyl (C=O) groups excluding carboxylic acids is 1. The molecular formula is C16H22N2O4S. The van der Waals surface area contributed by atoms with E-state index < -0.39 is 26.6 Å². The number of pyridine rings is 1. The van der Waals surface area contributed by atoms with E-state index in [2.05, 4.69) is 10.3 Å². The summed E-state index contributed by atoms with van der Waals surface area (Å²) in [4.78, 5) is 26.9. The molecule has 1 heterocycles. The maximum absolute atomic E-state index is 12.1. The van der Waals surface area contributed by atoms with Gasteiger partial charge >= 0.3 is 0 Å². The molecule has 6 nitrogen and oxygen atoms in total. The highest BCUT2D eigenvalue weighted by atomic mass is 32.2. The van der Waals surface area contributed by atoms with Crippen LogP contribution in [0.25, 0.3) is 0 Å². The Balaban J connectivity index is 2.04. The number of carbonyl (C=O) groups is 1. The number of amides is 1. The van der Waals surface area contributed by atoms with Crippen LogP contribution in [0, 0.1) is 0 Å². The zero-order chi connectivity index (χ0) is 17.0. The van der Waals surface area contributed by atoms with Crippen LogP contribution in [0.5, 0.6) is 0 Å². The second-order valence-electron chi connectivity index (χ2n) is 5.94. The largest absolute Gasteiger partial charge is 0.348 e. The normalized spacial score (nSPS) is 14.9. The van der Waals surface area contributed by atoms with Crippen molar-refractivity contribution in [2.24, 2.45) is 0 Å². The Hall–Kier alpha value is -1.89. The first-order valence-electron chi connectivity index (χ1n) is 7.75. The average Bonchev–Trinajstić information content (AvgIpc) is 2.50. The maximum atomic E-state index is 12.1. The minimum atomic E-state index is -3.28. The van der Waals surface area contributed by atoms with E-state index in [9.17, 15) is 18.0 Å². The highest BCUT2D eigenvalue weighted by molar-refractivity contribution is 7.94. The van der Waals surface area contributed by atoms with Crippen molar-refractivity contribution < 1.29 is 13.2 Å². The highest BCUT2D eigenvalue weighted by Crippen LogP contribution is 2.18. The quantitative estimate of drug-likeness (QED) is 0.846. The number of aryl methyl sites for hydroxylation is 2. The van der Waals surface area contributed by atoms with Gasteiger partial charge < -0.3 is 10.3 Å². The van der Waals surface area contributed by atoms with Gasteiger partial charge in [0.2, 0.25) is 0 Å². The van der Waals surface area contributed by atoms with Crippen molar-refractivity contribution in [3.63, 3.8) is 0 Å². The lowest BCUT2D eigenvalue weighted by atomic mass is 9.95. The Morgan fingerprint density at radius 3 is 2.74 bits per heavy atom. The van der Waals surface area contributed by atoms with Crippen LogP contribution in [0.2, 0.25) is 0 Å². The molecule has 0 radical (unpaired) electrons. The van der Waals surface area contributed by atoms with E-state index in [-0.39, 0.29) is 12.1 Å². The number of aromatic nitrogens is 1. The molecule has 126 valence electrons. The van der Waals surface area contributed by atoms with Crippen LogP contribution in [0.15, 0.2) is 22.3 Å². The minimum absolute atomic E-state index is 0.0569. The smallest absolute Gasteiger partial charge is 0.261 e. The van der Waals surface area contributed by atoms with E-state index >= 15 is 0 Å². The van der Waals surface area contributed by atoms with E-state index in [1.54, 1.807) is 19.9 Å². The van der Waals surface area contributed by atoms with E-state index in [1.165, 1.54) is 6.08 Å². The summed E-state index contributed by atoms with van der Waals surface area (Å²) in [7, 11) is -3.28. The van der Waals surface area contributed by atoms with Crippen molar-refractivity contribution in [1.82, 2.24) is 10.3 Å². The predicted molar refractivity (Wildman–Crippen MR) is 89.2 cm³/mol. The van der Waals surface area contributed by atoms with Gasteiger partial charge in [-0.2, -0.15) is 0 Å². The van der Waals surface area contributed by atoms with Crippen LogP contribution in [-0.4, -0.2) is 31.1 Å². The molecule has 1 aliphatic rings. The minimum Gasteiger partial charge on any atom is -0.348 e. The molecule has 7 heteroatoms. The van der Waals surface area contributed by atoms with Crippen molar-refractivity contribution in [3.05, 3.63) is 44.7 Å². The second-order valence-corrected chi connectivity index (χ2v) is 8.34. The Morgan fingerprint density at radius 2 is 2.04 bits per heavy atom. The number of fused-ring (bicyclic) bond motifs is 1. The van der Waals surface area contributed by atoms with E-state index in [4.69, 9.17) is 0 Å². The third kappa shape index (κ3) is 4.31. The summed E-state index contributed by atoms with van der Waals surface area (Å²) < 4.78 is 23.2. The molecule has 0 saturated carbocycles. The monoisotopic (exact) mass is 338 g/mol. The third-order valence-electron chi connectivity index (χ3n) is 3.91. The Kier molecular flexibility index (Phi) is 5.41. The number of rotatable bonds is 5. The van der Waals surface area contributed by atoms with E-state index in [0.29, 0.717) is 0 Å². The summed E-state index contributed by atoms with van der Waals surface area (Å²) in [6, 6.07) is 1.65. The second kappa shape index (κ2) is 7.12. The summed E-state index contributed by atoms with van der Waals surface area (Å²) >= 11 is 0. The number of sulfone groups is 1. The van der Waals surface area contributed by atoms with Crippen molar-refractivity contribution in [2.45, 2.75) is 44.8 Å². The molecule has 1 aliphatic carbocycles. The molecule has 2 N–H and O–H groups in total. The van der Waals surface area contributed by atoms with Gasteiger partial charge in [0.15, 0.2) is 9.84 Å². The standard InChI is InChI=1S/C16H22N2O4S/c1-11(2)23(21,22)9-5-8-17-15(19)13-10-12-6-3-4-7-14(12)18-16(13)20/h5,9-11H,3-4,6-8H2,1-2H3,(H,17,19)(H,18,20)/b9-5-. The Labute approximate surface area is 135 Å². The summed E-state index contributed by atoms with van der Waals surface area (Å²) in [5.74, 6) is -0.494. The molecule has 1 aromatic heterocycles. The van der Waals surface area contributed by atoms with E-state index in [1.807, 2.05) is 0 Å². The molecule has 0 unspecified atom stereocenters. The first kappa shape index (κ1) is 17.5. The molecule has 0 spiro atoms. The Bertz CT molecular complexity index is 776. The van der Waals surface area contributed by atoms with E-state index in [0.717, 1.165) is 42.3 Å². The van der Waals surface area contributed by atoms with Gasteiger partial charge in [0.05, 0.1) is 5.25 Å². The fourth-order valence-electron chi connectivity index (χ4n) is 2.43. The number of hydrogen-bond donors (Lipinski definition) is 2. The SMILES string of the molecule is CC(C)S(=O)(=O)/C=C\CNC(=O)c1cc2c([nH]c1=O)CCCC2. The number of H-pyrrole nitrogens is 1. The molecule has 0 atom stereocenters. The first-order chi connectivity index (χ1) is 10.8. The van der Waals surface area contributed by atoms with Crippen LogP contribution in [-0.2, 0) is 22.7 Å². The summed E-state index contributed by atoms with van der Waals surface area (Å²) in [5, 5.41) is 3.14. The highest BCUT2D eigenvalue weighted by Gasteiger charge is 2.16. The molecule has 0 aliphatic heterocycles. The van der Waals surface area contributed by atoms with Gasteiger partial charge in [-0.1, -0.05) is 6.08 Å². The van der Waals surface area contributed by atoms with Gasteiger partial charge in [-0.05, 0) is 51.2 Å². The van der Waals surface area contributed by atoms with Crippen LogP contribution in [0.4, 0.5) is 0 Å². The topological polar surface area (TPSA) is 96.1 Å². The first-order valence-corrected chi connectivity index (χ1v) is 9.36. The van der Waals surface area contributed by atoms with Crippen molar-refractivity contribution in [3.8, 4) is 0 Å². The van der Waals surface area contributed by atoms with Gasteiger partial charge in [-0.15, -0.1) is 0 Å². The van der Waals surface area contributed by atoms with Crippen LogP contribution < -0.4 is 10.9 Å². The zero-order valence-corrected chi connectivity index (χ0v) is 14.2. The molecule has 1 amide bonds. The molecule has 0 bridgehead atoms. The lowest BCUT2D eigenvalue weighted by Gasteiger charge is -2.15. The van der Waals surface area contributed by atoms with Gasteiger partial charge in [-0.25, -0.2) is 8.42 Å². The Morgan fingerprint density at radius 1 is 1.35 bits per heavy atom. The van der Waals surface area contributed by atoms with Gasteiger partial charge in [0.25, 0.3) is 11.5 Å². The lowest BCUT2D eigenvalue weighted by Crippen LogP contribution is -2.31. The molecule has 0 aromatic carbocycles. The average molecular weight is 338 g/mol. The van der Waals surface area contributed by atoms with Crippen LogP contribution >= 0.6 is 0 Å². The van der Waals surface area contributed by atoms with Gasteiger partial charge in [0, 0.05) is 17.6 Å². The van der Waals surface area contributed by atoms with Gasteiger partial charge in [0.1, 0.15) is 5.56 Å². The summed E-state index contributed by atoms with van der Waals surface area (Å²) in [6.07, 6.45) is 5.17. The fourth-order valence-corrected chi connectivity index (χ4v) is 3.11. The predicted octanol–water partition coefficient (Wildman–Crippen LogP) is 1.32. The third-order valence-corrected chi connectivity index (χ3v) is 5.79. The number of hydrogen-bond acceptors (Lipinski definition) is 4. The van der Waals surface area contributed by atoms with Crippen molar-refractivity contribution in [2.75, 3.05) is 6.54 Å². The van der Waals surface area contributed by atoms with Crippen molar-refractivity contribution in [1.29, 1.82) is 0 Å². The summed E-state index contributed by atoms with van der Waals surface area (Å²) in [6.45, 7) is 3.23. The molecule has 1 aromatic rings. The van der Waals surface area contributed by atoms with Crippen LogP contribution in [0.1, 0.15) is 48.3 Å². The molecule has 0 saturated heterocycles. The fraction of sp³-hybridized carbons (Fsp3) is 0.500. The van der Waals surface area contributed by atoms with Crippen molar-refractivity contribution >= 4 is 15.7 Å². The molecular weight excluding hydrogens is 316 g/mol. The molecule has 23 heavy (non-hydrogen) atoms. The number of aromatic amines is 1. The van der Waals surface area contributed by atoms with Crippen LogP contribution in [0.3, 0.4) is 0 Å².